The molecule has 0 aromatic heterocycles. The quantitative estimate of drug-likeness (QED) is 0.316. The highest BCUT2D eigenvalue weighted by molar-refractivity contribution is 5.85. The van der Waals surface area contributed by atoms with Crippen LogP contribution >= 0.6 is 12.4 Å². The van der Waals surface area contributed by atoms with Gasteiger partial charge in [-0.1, -0.05) is 0 Å². The van der Waals surface area contributed by atoms with Crippen LogP contribution in [0, 0.1) is 0 Å². The highest BCUT2D eigenvalue weighted by Crippen LogP contribution is 0.690. The maximum atomic E-state index is 0. The van der Waals surface area contributed by atoms with Gasteiger partial charge >= 0.3 is 0 Å². The molecule has 0 radical (unpaired) electrons. The van der Waals surface area contributed by atoms with Gasteiger partial charge in [0.05, 0.1) is 8.41 Å². The second-order valence-corrected chi connectivity index (χ2v) is 0. The summed E-state index contributed by atoms with van der Waals surface area (Å²) < 4.78 is 0. The lowest BCUT2D eigenvalue weighted by Gasteiger charge is -0.270. The summed E-state index contributed by atoms with van der Waals surface area (Å²) in [7, 11) is 0. The average Bonchev–Trinajstić information content (AvgIpc) is 0. The molecule has 0 saturated carbocycles. The van der Waals surface area contributed by atoms with E-state index >= 15 is 0 Å². The smallest absolute Gasteiger partial charge is 0.0814 e. The molecule has 0 rings (SSSR count). The molecule has 0 aromatic rings. The van der Waals surface area contributed by atoms with Gasteiger partial charge in [-0.2, -0.15) is 0 Å². The molecule has 46 valence electrons. The Kier molecular flexibility index (Phi) is 69700000. The second kappa shape index (κ2) is 15000. The first kappa shape index (κ1) is 27900. The van der Waals surface area contributed by atoms with Crippen molar-refractivity contribution in [3.8, 4) is 0 Å². The van der Waals surface area contributed by atoms with Crippen molar-refractivity contribution in [1.29, 1.82) is 0 Å². The lowest BCUT2D eigenvalue weighted by Crippen LogP contribution is -0.381. The van der Waals surface area contributed by atoms with E-state index in [0.717, 1.165) is 0 Å². The normalized spacial score (nSPS) is 0. The molecule has 0 bridgehead atoms. The van der Waals surface area contributed by atoms with Crippen molar-refractivity contribution in [1.82, 2.24) is 0 Å². The zero-order valence-electron chi connectivity index (χ0n) is 2.04. The van der Waals surface area contributed by atoms with Gasteiger partial charge in [0, 0.05) is 0 Å². The van der Waals surface area contributed by atoms with E-state index < -0.39 is 0 Å². The summed E-state index contributed by atoms with van der Waals surface area (Å²) >= 11 is 0. The van der Waals surface area contributed by atoms with Crippen LogP contribution in [-0.2, 0) is 0 Å². The fourth-order valence-corrected chi connectivity index (χ4v) is 0. The zero-order valence-corrected chi connectivity index (χ0v) is 2.86. The molecule has 0 aliphatic heterocycles. The van der Waals surface area contributed by atoms with Crippen molar-refractivity contribution >= 4 is 20.8 Å². The standard InChI is InChI=1S/BH3.ClH.4FH/h1H3;5*1H. The third kappa shape index (κ3) is 6860. The minimum Gasteiger partial charge on any atom is -0.269 e. The number of rotatable bonds is 0. The molecular formula is H8BClF4. The third-order valence-corrected chi connectivity index (χ3v) is 0. The predicted octanol–water partition coefficient (Wildman–Crippen LogP) is -0.152. The summed E-state index contributed by atoms with van der Waals surface area (Å²) in [4.78, 5) is 0. The molecule has 6 heavy (non-hydrogen) atoms. The van der Waals surface area contributed by atoms with Crippen molar-refractivity contribution in [2.75, 3.05) is 0 Å². The Hall–Kier alpha value is 0.0749. The van der Waals surface area contributed by atoms with E-state index in [2.05, 4.69) is 0 Å². The first-order chi connectivity index (χ1) is 0. The number of hydrogen-bond donors (Lipinski definition) is 0. The summed E-state index contributed by atoms with van der Waals surface area (Å²) in [6.07, 6.45) is 0. The van der Waals surface area contributed by atoms with E-state index in [1.165, 1.54) is 0 Å². The summed E-state index contributed by atoms with van der Waals surface area (Å²) in [6.45, 7) is 0. The van der Waals surface area contributed by atoms with Crippen LogP contribution in [0.1, 0.15) is 0 Å². The van der Waals surface area contributed by atoms with Crippen LogP contribution < -0.4 is 0 Å². The van der Waals surface area contributed by atoms with Gasteiger partial charge in [-0.05, 0) is 0 Å². The van der Waals surface area contributed by atoms with Gasteiger partial charge in [0.1, 0.15) is 0 Å². The molecule has 0 aromatic carbocycles. The molecule has 0 saturated heterocycles. The molecule has 6 heteroatoms. The molecule has 0 fully saturated rings. The maximum Gasteiger partial charge on any atom is 0.0814 e. The molecule has 0 aliphatic carbocycles. The molecule has 0 N–H and O–H groups in total. The van der Waals surface area contributed by atoms with Crippen LogP contribution in [0.4, 0.5) is 18.8 Å². The van der Waals surface area contributed by atoms with Crippen LogP contribution in [0.2, 0.25) is 0 Å². The molecular weight excluding hydrogens is 122 g/mol. The first-order valence-electron chi connectivity index (χ1n) is 0. The zero-order chi connectivity index (χ0) is 0. The van der Waals surface area contributed by atoms with Gasteiger partial charge in [0.2, 0.25) is 0 Å². The van der Waals surface area contributed by atoms with E-state index in [4.69, 9.17) is 0 Å². The fraction of sp³-hybridized carbons (Fsp3) is 0. The fourth-order valence-electron chi connectivity index (χ4n) is 0. The van der Waals surface area contributed by atoms with Gasteiger partial charge in [0.15, 0.2) is 0 Å². The van der Waals surface area contributed by atoms with Crippen molar-refractivity contribution in [2.24, 2.45) is 0 Å². The summed E-state index contributed by atoms with van der Waals surface area (Å²) in [5.41, 5.74) is 0. The minimum atomic E-state index is 0. The van der Waals surface area contributed by atoms with E-state index in [0.29, 0.717) is 0 Å². The number of halogens is 5. The maximum absolute atomic E-state index is 0. The van der Waals surface area contributed by atoms with Crippen LogP contribution in [-0.4, -0.2) is 8.41 Å². The molecule has 0 spiro atoms. The van der Waals surface area contributed by atoms with E-state index in [-0.39, 0.29) is 39.6 Å². The van der Waals surface area contributed by atoms with Gasteiger partial charge in [-0.25, -0.2) is 0 Å². The summed E-state index contributed by atoms with van der Waals surface area (Å²) in [5.74, 6) is 0. The summed E-state index contributed by atoms with van der Waals surface area (Å²) in [5, 5.41) is 0. The SMILES string of the molecule is B.Cl.F.F.F.F. The highest BCUT2D eigenvalue weighted by Gasteiger charge is 0.0814. The van der Waals surface area contributed by atoms with Crippen molar-refractivity contribution in [3.05, 3.63) is 0 Å². The average molecular weight is 130 g/mol. The van der Waals surface area contributed by atoms with Crippen LogP contribution in [0.15, 0.2) is 0 Å². The summed E-state index contributed by atoms with van der Waals surface area (Å²) in [6, 6.07) is 0. The Balaban J connectivity index is 0. The largest absolute Gasteiger partial charge is 0.269 e. The molecule has 0 amide bonds. The van der Waals surface area contributed by atoms with Crippen molar-refractivity contribution in [2.45, 2.75) is 0 Å². The molecule has 0 nitrogen and oxygen atoms in total. The Labute approximate surface area is 40.8 Å². The van der Waals surface area contributed by atoms with E-state index in [9.17, 15) is 0 Å². The Morgan fingerprint density at radius 2 is 0.500 bits per heavy atom. The Morgan fingerprint density at radius 1 is 0.500 bits per heavy atom. The molecule has 0 heterocycles. The van der Waals surface area contributed by atoms with Crippen molar-refractivity contribution < 1.29 is 18.8 Å². The molecule has 0 atom stereocenters. The van der Waals surface area contributed by atoms with Crippen LogP contribution in [0.5, 0.6) is 0 Å². The first-order valence-corrected chi connectivity index (χ1v) is 0. The lowest BCUT2D eigenvalue weighted by atomic mass is 10.8. The molecule has 0 aliphatic rings. The number of hydrogen-bond acceptors (Lipinski definition) is 0. The lowest BCUT2D eigenvalue weighted by molar-refractivity contribution is 1.11. The highest BCUT2D eigenvalue weighted by atomic mass is 35.5. The Bertz CT molecular complexity index is 7.51. The van der Waals surface area contributed by atoms with E-state index in [1.54, 1.807) is 0 Å². The van der Waals surface area contributed by atoms with Gasteiger partial charge < -0.3 is 0 Å². The van der Waals surface area contributed by atoms with Gasteiger partial charge in [-0.15, -0.1) is 12.4 Å². The molecule has 0 unspecified atom stereocenters. The van der Waals surface area contributed by atoms with E-state index in [1.807, 2.05) is 0 Å². The third-order valence-electron chi connectivity index (χ3n) is 0. The van der Waals surface area contributed by atoms with Gasteiger partial charge in [-0.3, -0.25) is 18.8 Å². The van der Waals surface area contributed by atoms with Gasteiger partial charge in [0.25, 0.3) is 0 Å². The topological polar surface area (TPSA) is 0 Å². The van der Waals surface area contributed by atoms with Crippen molar-refractivity contribution in [3.63, 3.8) is 0 Å². The minimum absolute atomic E-state index is 0. The Morgan fingerprint density at radius 3 is 0.500 bits per heavy atom. The van der Waals surface area contributed by atoms with Crippen LogP contribution in [0.25, 0.3) is 0 Å². The van der Waals surface area contributed by atoms with Crippen LogP contribution in [0.3, 0.4) is 0 Å². The predicted molar refractivity (Wildman–Crippen MR) is 27.2 cm³/mol. The second-order valence-electron chi connectivity index (χ2n) is 0. The monoisotopic (exact) mass is 130 g/mol.